The van der Waals surface area contributed by atoms with Crippen LogP contribution in [-0.2, 0) is 11.3 Å². The number of carboxylic acid groups (broad SMARTS) is 1. The summed E-state index contributed by atoms with van der Waals surface area (Å²) >= 11 is 0. The number of rotatable bonds is 6. The van der Waals surface area contributed by atoms with E-state index in [2.05, 4.69) is 31.3 Å². The average molecular weight is 323 g/mol. The molecule has 1 amide bonds. The molecule has 24 heavy (non-hydrogen) atoms. The van der Waals surface area contributed by atoms with E-state index in [1.165, 1.54) is 23.8 Å². The van der Waals surface area contributed by atoms with Crippen LogP contribution in [0.15, 0.2) is 54.6 Å². The second kappa shape index (κ2) is 8.11. The van der Waals surface area contributed by atoms with Crippen molar-refractivity contribution < 1.29 is 14.7 Å². The Bertz CT molecular complexity index is 728. The molecule has 0 saturated heterocycles. The molecule has 2 N–H and O–H groups in total. The van der Waals surface area contributed by atoms with E-state index in [4.69, 9.17) is 5.11 Å². The highest BCUT2D eigenvalue weighted by Crippen LogP contribution is 2.15. The van der Waals surface area contributed by atoms with Gasteiger partial charge in [-0.25, -0.2) is 4.79 Å². The lowest BCUT2D eigenvalue weighted by molar-refractivity contribution is -0.116. The summed E-state index contributed by atoms with van der Waals surface area (Å²) in [6.45, 7) is 4.64. The highest BCUT2D eigenvalue weighted by Gasteiger charge is 2.02. The smallest absolute Gasteiger partial charge is 0.335 e. The van der Waals surface area contributed by atoms with Gasteiger partial charge in [0.15, 0.2) is 0 Å². The normalized spacial score (nSPS) is 11.0. The molecule has 0 unspecified atom stereocenters. The van der Waals surface area contributed by atoms with Gasteiger partial charge in [-0.15, -0.1) is 0 Å². The maximum absolute atomic E-state index is 11.8. The van der Waals surface area contributed by atoms with Crippen molar-refractivity contribution in [2.24, 2.45) is 0 Å². The molecule has 0 aromatic heterocycles. The molecule has 0 fully saturated rings. The van der Waals surface area contributed by atoms with Gasteiger partial charge in [-0.2, -0.15) is 0 Å². The van der Waals surface area contributed by atoms with Gasteiger partial charge in [0.05, 0.1) is 5.56 Å². The Balaban J connectivity index is 1.87. The van der Waals surface area contributed by atoms with Crippen molar-refractivity contribution in [2.45, 2.75) is 26.3 Å². The van der Waals surface area contributed by atoms with E-state index < -0.39 is 5.97 Å². The van der Waals surface area contributed by atoms with Crippen LogP contribution in [0.3, 0.4) is 0 Å². The molecule has 0 radical (unpaired) electrons. The van der Waals surface area contributed by atoms with Crippen molar-refractivity contribution in [3.63, 3.8) is 0 Å². The summed E-state index contributed by atoms with van der Waals surface area (Å²) in [5.41, 5.74) is 3.32. The van der Waals surface area contributed by atoms with Gasteiger partial charge in [0.2, 0.25) is 5.91 Å². The lowest BCUT2D eigenvalue weighted by Crippen LogP contribution is -2.20. The largest absolute Gasteiger partial charge is 0.478 e. The zero-order valence-corrected chi connectivity index (χ0v) is 13.8. The summed E-state index contributed by atoms with van der Waals surface area (Å²) < 4.78 is 0. The lowest BCUT2D eigenvalue weighted by Gasteiger charge is -2.05. The first-order valence-corrected chi connectivity index (χ1v) is 7.84. The Kier molecular flexibility index (Phi) is 5.90. The zero-order chi connectivity index (χ0) is 17.5. The number of carboxylic acids is 1. The van der Waals surface area contributed by atoms with Gasteiger partial charge in [0, 0.05) is 12.6 Å². The molecule has 2 aromatic rings. The van der Waals surface area contributed by atoms with Crippen LogP contribution in [0, 0.1) is 0 Å². The molecule has 4 nitrogen and oxygen atoms in total. The molecular weight excluding hydrogens is 302 g/mol. The second-order valence-electron chi connectivity index (χ2n) is 5.87. The van der Waals surface area contributed by atoms with Crippen molar-refractivity contribution in [2.75, 3.05) is 0 Å². The predicted octanol–water partition coefficient (Wildman–Crippen LogP) is 3.84. The van der Waals surface area contributed by atoms with Gasteiger partial charge in [-0.3, -0.25) is 4.79 Å². The van der Waals surface area contributed by atoms with Crippen LogP contribution in [0.5, 0.6) is 0 Å². The van der Waals surface area contributed by atoms with Gasteiger partial charge < -0.3 is 10.4 Å². The van der Waals surface area contributed by atoms with E-state index in [1.807, 2.05) is 12.1 Å². The fourth-order valence-corrected chi connectivity index (χ4v) is 2.18. The third kappa shape index (κ3) is 5.09. The second-order valence-corrected chi connectivity index (χ2v) is 5.87. The Hall–Kier alpha value is -2.88. The molecule has 4 heteroatoms. The number of carbonyl (C=O) groups excluding carboxylic acids is 1. The van der Waals surface area contributed by atoms with E-state index in [1.54, 1.807) is 18.2 Å². The van der Waals surface area contributed by atoms with Crippen molar-refractivity contribution in [1.82, 2.24) is 5.32 Å². The third-order valence-corrected chi connectivity index (χ3v) is 3.70. The van der Waals surface area contributed by atoms with E-state index in [0.29, 0.717) is 12.5 Å². The van der Waals surface area contributed by atoms with Crippen LogP contribution in [0.1, 0.15) is 46.8 Å². The number of nitrogens with one attached hydrogen (secondary N) is 1. The minimum Gasteiger partial charge on any atom is -0.478 e. The molecule has 0 saturated carbocycles. The number of hydrogen-bond acceptors (Lipinski definition) is 2. The van der Waals surface area contributed by atoms with Gasteiger partial charge in [0.1, 0.15) is 0 Å². The van der Waals surface area contributed by atoms with Crippen LogP contribution < -0.4 is 5.32 Å². The summed E-state index contributed by atoms with van der Waals surface area (Å²) in [5.74, 6) is -0.666. The van der Waals surface area contributed by atoms with Crippen molar-refractivity contribution in [1.29, 1.82) is 0 Å². The van der Waals surface area contributed by atoms with Gasteiger partial charge in [-0.1, -0.05) is 50.2 Å². The molecule has 0 bridgehead atoms. The number of benzene rings is 2. The Morgan fingerprint density at radius 1 is 1.04 bits per heavy atom. The summed E-state index contributed by atoms with van der Waals surface area (Å²) in [7, 11) is 0. The van der Waals surface area contributed by atoms with E-state index >= 15 is 0 Å². The zero-order valence-electron chi connectivity index (χ0n) is 13.8. The van der Waals surface area contributed by atoms with Crippen LogP contribution in [0.4, 0.5) is 0 Å². The maximum atomic E-state index is 11.8. The predicted molar refractivity (Wildman–Crippen MR) is 94.8 cm³/mol. The summed E-state index contributed by atoms with van der Waals surface area (Å²) in [6, 6.07) is 14.5. The van der Waals surface area contributed by atoms with Gasteiger partial charge in [-0.05, 0) is 40.8 Å². The van der Waals surface area contributed by atoms with Gasteiger partial charge >= 0.3 is 5.97 Å². The van der Waals surface area contributed by atoms with Crippen molar-refractivity contribution in [3.8, 4) is 0 Å². The summed E-state index contributed by atoms with van der Waals surface area (Å²) in [6.07, 6.45) is 3.27. The van der Waals surface area contributed by atoms with E-state index in [9.17, 15) is 9.59 Å². The Labute approximate surface area is 141 Å². The fourth-order valence-electron chi connectivity index (χ4n) is 2.18. The minimum absolute atomic E-state index is 0.190. The summed E-state index contributed by atoms with van der Waals surface area (Å²) in [4.78, 5) is 22.6. The fraction of sp³-hybridized carbons (Fsp3) is 0.200. The van der Waals surface area contributed by atoms with Crippen molar-refractivity contribution in [3.05, 3.63) is 76.9 Å². The molecule has 0 aliphatic rings. The first-order valence-electron chi connectivity index (χ1n) is 7.84. The lowest BCUT2D eigenvalue weighted by atomic mass is 10.0. The number of hydrogen-bond donors (Lipinski definition) is 2. The summed E-state index contributed by atoms with van der Waals surface area (Å²) in [5, 5.41) is 11.6. The topological polar surface area (TPSA) is 66.4 Å². The molecular formula is C20H21NO3. The monoisotopic (exact) mass is 323 g/mol. The highest BCUT2D eigenvalue weighted by molar-refractivity contribution is 5.91. The molecule has 0 aliphatic carbocycles. The molecule has 2 aromatic carbocycles. The minimum atomic E-state index is -0.961. The standard InChI is InChI=1S/C20H21NO3/c1-14(2)17-8-3-15(4-9-17)7-12-19(22)21-13-16-5-10-18(11-6-16)20(23)24/h3-12,14H,13H2,1-2H3,(H,21,22)(H,23,24)/b12-7+. The maximum Gasteiger partial charge on any atom is 0.335 e. The number of carbonyl (C=O) groups is 2. The van der Waals surface area contributed by atoms with Crippen LogP contribution in [0.25, 0.3) is 6.08 Å². The molecule has 124 valence electrons. The third-order valence-electron chi connectivity index (χ3n) is 3.70. The Morgan fingerprint density at radius 2 is 1.67 bits per heavy atom. The van der Waals surface area contributed by atoms with Crippen LogP contribution in [0.2, 0.25) is 0 Å². The molecule has 0 atom stereocenters. The average Bonchev–Trinajstić information content (AvgIpc) is 2.58. The first-order chi connectivity index (χ1) is 11.5. The van der Waals surface area contributed by atoms with E-state index in [-0.39, 0.29) is 11.5 Å². The van der Waals surface area contributed by atoms with Crippen LogP contribution in [-0.4, -0.2) is 17.0 Å². The SMILES string of the molecule is CC(C)c1ccc(/C=C/C(=O)NCc2ccc(C(=O)O)cc2)cc1. The molecule has 0 spiro atoms. The number of amides is 1. The number of aromatic carboxylic acids is 1. The Morgan fingerprint density at radius 3 is 2.21 bits per heavy atom. The molecule has 0 heterocycles. The quantitative estimate of drug-likeness (QED) is 0.794. The molecule has 0 aliphatic heterocycles. The van der Waals surface area contributed by atoms with E-state index in [0.717, 1.165) is 11.1 Å². The van der Waals surface area contributed by atoms with Crippen molar-refractivity contribution >= 4 is 18.0 Å². The van der Waals surface area contributed by atoms with Gasteiger partial charge in [0.25, 0.3) is 0 Å². The highest BCUT2D eigenvalue weighted by atomic mass is 16.4. The molecule has 2 rings (SSSR count). The first kappa shape index (κ1) is 17.5. The van der Waals surface area contributed by atoms with Crippen LogP contribution >= 0.6 is 0 Å².